The molecule has 2 aromatic rings. The summed E-state index contributed by atoms with van der Waals surface area (Å²) >= 11 is 0. The van der Waals surface area contributed by atoms with Gasteiger partial charge in [0.15, 0.2) is 5.82 Å². The fraction of sp³-hybridized carbons (Fsp3) is 0.462. The molecule has 104 valence electrons. The van der Waals surface area contributed by atoms with Crippen LogP contribution in [0.2, 0.25) is 0 Å². The number of hydrogen-bond donors (Lipinski definition) is 1. The van der Waals surface area contributed by atoms with Crippen molar-refractivity contribution < 1.29 is 0 Å². The van der Waals surface area contributed by atoms with Gasteiger partial charge in [-0.05, 0) is 19.3 Å². The summed E-state index contributed by atoms with van der Waals surface area (Å²) in [7, 11) is 1.81. The van der Waals surface area contributed by atoms with E-state index in [4.69, 9.17) is 0 Å². The van der Waals surface area contributed by atoms with E-state index in [2.05, 4.69) is 35.1 Å². The Kier molecular flexibility index (Phi) is 3.67. The van der Waals surface area contributed by atoms with E-state index in [9.17, 15) is 0 Å². The van der Waals surface area contributed by atoms with E-state index >= 15 is 0 Å². The van der Waals surface area contributed by atoms with Gasteiger partial charge in [-0.25, -0.2) is 9.97 Å². The van der Waals surface area contributed by atoms with Crippen molar-refractivity contribution in [3.8, 4) is 11.4 Å². The summed E-state index contributed by atoms with van der Waals surface area (Å²) in [5, 5.41) is 2.99. The molecular formula is C13H17N7. The monoisotopic (exact) mass is 271 g/mol. The SMILES string of the molecule is CNc1nc(-c2cncnc2)nc(N2CCCCC2)n1. The Hall–Kier alpha value is -2.31. The van der Waals surface area contributed by atoms with E-state index in [1.807, 2.05) is 0 Å². The second kappa shape index (κ2) is 5.77. The average molecular weight is 271 g/mol. The van der Waals surface area contributed by atoms with Crippen LogP contribution in [0.1, 0.15) is 19.3 Å². The molecule has 2 aromatic heterocycles. The van der Waals surface area contributed by atoms with Gasteiger partial charge in [0, 0.05) is 32.5 Å². The van der Waals surface area contributed by atoms with Gasteiger partial charge in [0.05, 0.1) is 5.56 Å². The van der Waals surface area contributed by atoms with Crippen molar-refractivity contribution in [3.05, 3.63) is 18.7 Å². The molecule has 7 heteroatoms. The molecule has 1 aliphatic rings. The first-order valence-corrected chi connectivity index (χ1v) is 6.81. The molecule has 1 aliphatic heterocycles. The molecule has 0 aliphatic carbocycles. The molecule has 0 saturated carbocycles. The topological polar surface area (TPSA) is 79.7 Å². The van der Waals surface area contributed by atoms with Crippen molar-refractivity contribution in [3.63, 3.8) is 0 Å². The Balaban J connectivity index is 1.98. The normalized spacial score (nSPS) is 15.2. The molecule has 0 bridgehead atoms. The van der Waals surface area contributed by atoms with Gasteiger partial charge < -0.3 is 10.2 Å². The first-order chi connectivity index (χ1) is 9.86. The molecule has 0 radical (unpaired) electrons. The molecular weight excluding hydrogens is 254 g/mol. The van der Waals surface area contributed by atoms with E-state index < -0.39 is 0 Å². The minimum atomic E-state index is 0.569. The third kappa shape index (κ3) is 2.66. The lowest BCUT2D eigenvalue weighted by Gasteiger charge is -2.26. The summed E-state index contributed by atoms with van der Waals surface area (Å²) in [6.07, 6.45) is 8.56. The minimum absolute atomic E-state index is 0.569. The summed E-state index contributed by atoms with van der Waals surface area (Å²) in [6.45, 7) is 2.00. The zero-order valence-corrected chi connectivity index (χ0v) is 11.5. The van der Waals surface area contributed by atoms with Crippen molar-refractivity contribution >= 4 is 11.9 Å². The Morgan fingerprint density at radius 2 is 1.75 bits per heavy atom. The van der Waals surface area contributed by atoms with Crippen LogP contribution in [0.25, 0.3) is 11.4 Å². The highest BCUT2D eigenvalue weighted by Gasteiger charge is 2.16. The molecule has 7 nitrogen and oxygen atoms in total. The van der Waals surface area contributed by atoms with Crippen molar-refractivity contribution in [1.82, 2.24) is 24.9 Å². The number of nitrogens with one attached hydrogen (secondary N) is 1. The van der Waals surface area contributed by atoms with Gasteiger partial charge in [0.25, 0.3) is 0 Å². The van der Waals surface area contributed by atoms with Crippen molar-refractivity contribution in [2.24, 2.45) is 0 Å². The Morgan fingerprint density at radius 3 is 2.45 bits per heavy atom. The molecule has 0 amide bonds. The predicted molar refractivity (Wildman–Crippen MR) is 76.5 cm³/mol. The van der Waals surface area contributed by atoms with E-state index in [1.54, 1.807) is 19.4 Å². The lowest BCUT2D eigenvalue weighted by atomic mass is 10.1. The van der Waals surface area contributed by atoms with Crippen LogP contribution in [0.4, 0.5) is 11.9 Å². The maximum atomic E-state index is 4.56. The molecule has 3 heterocycles. The Labute approximate surface area is 117 Å². The molecule has 0 spiro atoms. The second-order valence-corrected chi connectivity index (χ2v) is 4.71. The number of nitrogens with zero attached hydrogens (tertiary/aromatic N) is 6. The number of hydrogen-bond acceptors (Lipinski definition) is 7. The standard InChI is InChI=1S/C13H17N7/c1-14-12-17-11(10-7-15-9-16-8-10)18-13(19-12)20-5-3-2-4-6-20/h7-9H,2-6H2,1H3,(H,14,17,18,19). The molecule has 0 aromatic carbocycles. The molecule has 1 fully saturated rings. The fourth-order valence-electron chi connectivity index (χ4n) is 2.26. The molecule has 0 atom stereocenters. The van der Waals surface area contributed by atoms with Gasteiger partial charge in [-0.1, -0.05) is 0 Å². The van der Waals surface area contributed by atoms with E-state index in [0.29, 0.717) is 11.8 Å². The highest BCUT2D eigenvalue weighted by Crippen LogP contribution is 2.20. The Bertz CT molecular complexity index is 566. The largest absolute Gasteiger partial charge is 0.357 e. The van der Waals surface area contributed by atoms with E-state index in [0.717, 1.165) is 24.6 Å². The van der Waals surface area contributed by atoms with Gasteiger partial charge in [0.2, 0.25) is 11.9 Å². The van der Waals surface area contributed by atoms with Crippen LogP contribution in [-0.2, 0) is 0 Å². The van der Waals surface area contributed by atoms with Crippen LogP contribution in [0, 0.1) is 0 Å². The summed E-state index contributed by atoms with van der Waals surface area (Å²) in [4.78, 5) is 23.6. The summed E-state index contributed by atoms with van der Waals surface area (Å²) in [5.41, 5.74) is 0.796. The van der Waals surface area contributed by atoms with E-state index in [1.165, 1.54) is 25.6 Å². The molecule has 1 N–H and O–H groups in total. The minimum Gasteiger partial charge on any atom is -0.357 e. The maximum absolute atomic E-state index is 4.56. The van der Waals surface area contributed by atoms with Crippen LogP contribution in [0.3, 0.4) is 0 Å². The van der Waals surface area contributed by atoms with Crippen molar-refractivity contribution in [2.45, 2.75) is 19.3 Å². The lowest BCUT2D eigenvalue weighted by Crippen LogP contribution is -2.31. The zero-order valence-electron chi connectivity index (χ0n) is 11.5. The summed E-state index contributed by atoms with van der Waals surface area (Å²) in [6, 6.07) is 0. The number of anilines is 2. The van der Waals surface area contributed by atoms with Crippen LogP contribution in [0.5, 0.6) is 0 Å². The van der Waals surface area contributed by atoms with Crippen LogP contribution >= 0.6 is 0 Å². The third-order valence-corrected chi connectivity index (χ3v) is 3.30. The van der Waals surface area contributed by atoms with Crippen LogP contribution in [-0.4, -0.2) is 45.1 Å². The number of aromatic nitrogens is 5. The quantitative estimate of drug-likeness (QED) is 0.902. The maximum Gasteiger partial charge on any atom is 0.230 e. The molecule has 1 saturated heterocycles. The summed E-state index contributed by atoms with van der Waals surface area (Å²) < 4.78 is 0. The number of piperidine rings is 1. The summed E-state index contributed by atoms with van der Waals surface area (Å²) in [5.74, 6) is 1.90. The van der Waals surface area contributed by atoms with Crippen molar-refractivity contribution in [1.29, 1.82) is 0 Å². The van der Waals surface area contributed by atoms with Crippen LogP contribution < -0.4 is 10.2 Å². The highest BCUT2D eigenvalue weighted by molar-refractivity contribution is 5.56. The van der Waals surface area contributed by atoms with Crippen molar-refractivity contribution in [2.75, 3.05) is 30.4 Å². The Morgan fingerprint density at radius 1 is 1.00 bits per heavy atom. The van der Waals surface area contributed by atoms with Gasteiger partial charge in [-0.15, -0.1) is 0 Å². The van der Waals surface area contributed by atoms with Gasteiger partial charge in [-0.2, -0.15) is 15.0 Å². The highest BCUT2D eigenvalue weighted by atomic mass is 15.3. The predicted octanol–water partition coefficient (Wildman–Crippen LogP) is 1.36. The molecule has 3 rings (SSSR count). The van der Waals surface area contributed by atoms with Crippen LogP contribution in [0.15, 0.2) is 18.7 Å². The second-order valence-electron chi connectivity index (χ2n) is 4.71. The van der Waals surface area contributed by atoms with Gasteiger partial charge in [0.1, 0.15) is 6.33 Å². The third-order valence-electron chi connectivity index (χ3n) is 3.30. The average Bonchev–Trinajstić information content (AvgIpc) is 2.56. The fourth-order valence-corrected chi connectivity index (χ4v) is 2.26. The molecule has 0 unspecified atom stereocenters. The lowest BCUT2D eigenvalue weighted by molar-refractivity contribution is 0.568. The zero-order chi connectivity index (χ0) is 13.8. The molecule has 20 heavy (non-hydrogen) atoms. The van der Waals surface area contributed by atoms with E-state index in [-0.39, 0.29) is 0 Å². The van der Waals surface area contributed by atoms with Gasteiger partial charge >= 0.3 is 0 Å². The van der Waals surface area contributed by atoms with Gasteiger partial charge in [-0.3, -0.25) is 0 Å². The first-order valence-electron chi connectivity index (χ1n) is 6.81. The number of rotatable bonds is 3. The first kappa shape index (κ1) is 12.7. The smallest absolute Gasteiger partial charge is 0.230 e.